The number of hydrogen-bond donors (Lipinski definition) is 2. The van der Waals surface area contributed by atoms with Gasteiger partial charge in [0.2, 0.25) is 0 Å². The molecule has 6 nitrogen and oxygen atoms in total. The zero-order valence-electron chi connectivity index (χ0n) is 10.0. The van der Waals surface area contributed by atoms with E-state index in [-0.39, 0.29) is 23.3 Å². The largest absolute Gasteiger partial charge is 0.421 e. The maximum Gasteiger partial charge on any atom is 0.322 e. The fraction of sp³-hybridized carbons (Fsp3) is 0.0833. The molecular weight excluding hydrogens is 251 g/mol. The van der Waals surface area contributed by atoms with E-state index >= 15 is 0 Å². The third-order valence-corrected chi connectivity index (χ3v) is 2.29. The number of amidine groups is 1. The lowest BCUT2D eigenvalue weighted by Gasteiger charge is -2.06. The SMILES string of the molecule is Cc1ccc(F)c(Oc2nccc(/C(N)=N/O)n2)c1. The van der Waals surface area contributed by atoms with Crippen molar-refractivity contribution in [3.05, 3.63) is 47.5 Å². The lowest BCUT2D eigenvalue weighted by Crippen LogP contribution is -2.15. The molecular formula is C12H11FN4O2. The highest BCUT2D eigenvalue weighted by atomic mass is 19.1. The first-order valence-electron chi connectivity index (χ1n) is 5.35. The summed E-state index contributed by atoms with van der Waals surface area (Å²) in [7, 11) is 0. The molecule has 2 rings (SSSR count). The van der Waals surface area contributed by atoms with Crippen molar-refractivity contribution in [2.45, 2.75) is 6.92 Å². The van der Waals surface area contributed by atoms with Gasteiger partial charge in [-0.25, -0.2) is 9.37 Å². The van der Waals surface area contributed by atoms with E-state index < -0.39 is 5.82 Å². The minimum Gasteiger partial charge on any atom is -0.421 e. The van der Waals surface area contributed by atoms with Crippen LogP contribution in [0.1, 0.15) is 11.3 Å². The highest BCUT2D eigenvalue weighted by molar-refractivity contribution is 5.95. The van der Waals surface area contributed by atoms with E-state index in [4.69, 9.17) is 15.7 Å². The zero-order chi connectivity index (χ0) is 13.8. The Balaban J connectivity index is 2.31. The van der Waals surface area contributed by atoms with E-state index in [2.05, 4.69) is 15.1 Å². The molecule has 7 heteroatoms. The molecule has 2 aromatic rings. The molecule has 0 aliphatic heterocycles. The molecule has 0 aliphatic rings. The summed E-state index contributed by atoms with van der Waals surface area (Å²) in [6.07, 6.45) is 1.36. The van der Waals surface area contributed by atoms with Crippen LogP contribution in [-0.4, -0.2) is 21.0 Å². The van der Waals surface area contributed by atoms with Gasteiger partial charge < -0.3 is 15.7 Å². The van der Waals surface area contributed by atoms with Gasteiger partial charge in [-0.05, 0) is 30.7 Å². The molecule has 0 amide bonds. The van der Waals surface area contributed by atoms with Crippen LogP contribution < -0.4 is 10.5 Å². The quantitative estimate of drug-likeness (QED) is 0.381. The van der Waals surface area contributed by atoms with E-state index in [1.807, 2.05) is 0 Å². The van der Waals surface area contributed by atoms with Crippen LogP contribution in [0.15, 0.2) is 35.6 Å². The number of rotatable bonds is 3. The summed E-state index contributed by atoms with van der Waals surface area (Å²) in [5.74, 6) is -0.697. The second-order valence-electron chi connectivity index (χ2n) is 3.75. The Hall–Kier alpha value is -2.70. The maximum absolute atomic E-state index is 13.5. The number of halogens is 1. The molecule has 0 radical (unpaired) electrons. The molecule has 98 valence electrons. The maximum atomic E-state index is 13.5. The van der Waals surface area contributed by atoms with Crippen LogP contribution in [0.3, 0.4) is 0 Å². The average molecular weight is 262 g/mol. The van der Waals surface area contributed by atoms with Gasteiger partial charge in [-0.1, -0.05) is 11.2 Å². The number of oxime groups is 1. The Kier molecular flexibility index (Phi) is 3.56. The fourth-order valence-corrected chi connectivity index (χ4v) is 1.37. The van der Waals surface area contributed by atoms with Crippen molar-refractivity contribution in [1.82, 2.24) is 9.97 Å². The van der Waals surface area contributed by atoms with Gasteiger partial charge in [-0.3, -0.25) is 0 Å². The van der Waals surface area contributed by atoms with Crippen LogP contribution in [0.5, 0.6) is 11.8 Å². The summed E-state index contributed by atoms with van der Waals surface area (Å²) < 4.78 is 18.7. The molecule has 0 atom stereocenters. The molecule has 0 fully saturated rings. The van der Waals surface area contributed by atoms with Gasteiger partial charge in [0.15, 0.2) is 17.4 Å². The van der Waals surface area contributed by atoms with Crippen molar-refractivity contribution in [2.75, 3.05) is 0 Å². The summed E-state index contributed by atoms with van der Waals surface area (Å²) in [6.45, 7) is 1.81. The van der Waals surface area contributed by atoms with Crippen molar-refractivity contribution in [1.29, 1.82) is 0 Å². The minimum absolute atomic E-state index is 0.0108. The van der Waals surface area contributed by atoms with Gasteiger partial charge in [-0.15, -0.1) is 0 Å². The van der Waals surface area contributed by atoms with Crippen molar-refractivity contribution in [3.63, 3.8) is 0 Å². The highest BCUT2D eigenvalue weighted by Gasteiger charge is 2.09. The monoisotopic (exact) mass is 262 g/mol. The summed E-state index contributed by atoms with van der Waals surface area (Å²) in [4.78, 5) is 7.72. The number of ether oxygens (including phenoxy) is 1. The molecule has 19 heavy (non-hydrogen) atoms. The number of benzene rings is 1. The Morgan fingerprint density at radius 1 is 1.42 bits per heavy atom. The molecule has 0 saturated heterocycles. The van der Waals surface area contributed by atoms with Crippen LogP contribution in [0, 0.1) is 12.7 Å². The predicted octanol–water partition coefficient (Wildman–Crippen LogP) is 1.81. The first-order valence-corrected chi connectivity index (χ1v) is 5.35. The molecule has 0 spiro atoms. The minimum atomic E-state index is -0.525. The number of nitrogens with two attached hydrogens (primary N) is 1. The number of aryl methyl sites for hydroxylation is 1. The van der Waals surface area contributed by atoms with Gasteiger partial charge in [0.05, 0.1) is 0 Å². The van der Waals surface area contributed by atoms with Gasteiger partial charge >= 0.3 is 6.01 Å². The summed E-state index contributed by atoms with van der Waals surface area (Å²) in [6, 6.07) is 5.78. The molecule has 0 saturated carbocycles. The number of hydrogen-bond acceptors (Lipinski definition) is 5. The molecule has 0 bridgehead atoms. The Morgan fingerprint density at radius 3 is 2.95 bits per heavy atom. The zero-order valence-corrected chi connectivity index (χ0v) is 10.0. The van der Waals surface area contributed by atoms with Crippen LogP contribution in [-0.2, 0) is 0 Å². The standard InChI is InChI=1S/C12H11FN4O2/c1-7-2-3-8(13)10(6-7)19-12-15-5-4-9(16-12)11(14)17-18/h2-6,18H,1H3,(H2,14,17). The van der Waals surface area contributed by atoms with E-state index in [0.717, 1.165) is 5.56 Å². The van der Waals surface area contributed by atoms with Gasteiger partial charge in [0.25, 0.3) is 0 Å². The van der Waals surface area contributed by atoms with Gasteiger partial charge in [-0.2, -0.15) is 4.98 Å². The Bertz CT molecular complexity index is 631. The average Bonchev–Trinajstić information content (AvgIpc) is 2.42. The van der Waals surface area contributed by atoms with Crippen LogP contribution in [0.2, 0.25) is 0 Å². The summed E-state index contributed by atoms with van der Waals surface area (Å²) in [5, 5.41) is 11.4. The second kappa shape index (κ2) is 5.30. The molecule has 1 heterocycles. The lowest BCUT2D eigenvalue weighted by molar-refractivity contribution is 0.318. The fourth-order valence-electron chi connectivity index (χ4n) is 1.37. The topological polar surface area (TPSA) is 93.6 Å². The van der Waals surface area contributed by atoms with Crippen LogP contribution >= 0.6 is 0 Å². The van der Waals surface area contributed by atoms with E-state index in [1.54, 1.807) is 13.0 Å². The third kappa shape index (κ3) is 2.95. The van der Waals surface area contributed by atoms with Gasteiger partial charge in [0.1, 0.15) is 5.69 Å². The Labute approximate surface area is 108 Å². The molecule has 0 unspecified atom stereocenters. The molecule has 3 N–H and O–H groups in total. The van der Waals surface area contributed by atoms with Crippen LogP contribution in [0.25, 0.3) is 0 Å². The molecule has 1 aromatic heterocycles. The number of nitrogens with zero attached hydrogens (tertiary/aromatic N) is 3. The van der Waals surface area contributed by atoms with Crippen molar-refractivity contribution >= 4 is 5.84 Å². The Morgan fingerprint density at radius 2 is 2.21 bits per heavy atom. The first kappa shape index (κ1) is 12.7. The summed E-state index contributed by atoms with van der Waals surface area (Å²) >= 11 is 0. The normalized spacial score (nSPS) is 11.4. The highest BCUT2D eigenvalue weighted by Crippen LogP contribution is 2.22. The number of aromatic nitrogens is 2. The summed E-state index contributed by atoms with van der Waals surface area (Å²) in [5.41, 5.74) is 6.41. The van der Waals surface area contributed by atoms with E-state index in [1.165, 1.54) is 24.4 Å². The predicted molar refractivity (Wildman–Crippen MR) is 65.8 cm³/mol. The second-order valence-corrected chi connectivity index (χ2v) is 3.75. The lowest BCUT2D eigenvalue weighted by atomic mass is 10.2. The molecule has 1 aromatic carbocycles. The van der Waals surface area contributed by atoms with Crippen molar-refractivity contribution in [3.8, 4) is 11.8 Å². The van der Waals surface area contributed by atoms with Gasteiger partial charge in [0, 0.05) is 6.20 Å². The van der Waals surface area contributed by atoms with E-state index in [0.29, 0.717) is 0 Å². The smallest absolute Gasteiger partial charge is 0.322 e. The van der Waals surface area contributed by atoms with E-state index in [9.17, 15) is 4.39 Å². The van der Waals surface area contributed by atoms with Crippen molar-refractivity contribution < 1.29 is 14.3 Å². The first-order chi connectivity index (χ1) is 9.10. The van der Waals surface area contributed by atoms with Crippen molar-refractivity contribution in [2.24, 2.45) is 10.9 Å². The third-order valence-electron chi connectivity index (χ3n) is 2.29. The van der Waals surface area contributed by atoms with Crippen LogP contribution in [0.4, 0.5) is 4.39 Å². The molecule has 0 aliphatic carbocycles.